The zero-order valence-electron chi connectivity index (χ0n) is 6.32. The van der Waals surface area contributed by atoms with Gasteiger partial charge in [0.1, 0.15) is 0 Å². The maximum absolute atomic E-state index is 10.8. The molecule has 0 aliphatic heterocycles. The predicted molar refractivity (Wildman–Crippen MR) is 51.2 cm³/mol. The van der Waals surface area contributed by atoms with Crippen molar-refractivity contribution in [2.45, 2.75) is 32.6 Å². The minimum atomic E-state index is 0.183. The third-order valence-corrected chi connectivity index (χ3v) is 1.65. The van der Waals surface area contributed by atoms with Gasteiger partial charge in [0, 0.05) is 6.42 Å². The first kappa shape index (κ1) is 10.2. The van der Waals surface area contributed by atoms with Crippen LogP contribution < -0.4 is 5.32 Å². The summed E-state index contributed by atoms with van der Waals surface area (Å²) in [5.41, 5.74) is 0. The van der Waals surface area contributed by atoms with Crippen LogP contribution in [0.1, 0.15) is 32.6 Å². The first-order valence-corrected chi connectivity index (χ1v) is 5.16. The van der Waals surface area contributed by atoms with Gasteiger partial charge in [0.05, 0.1) is 4.55 Å². The first-order chi connectivity index (χ1) is 4.81. The van der Waals surface area contributed by atoms with Crippen molar-refractivity contribution in [2.75, 3.05) is 4.55 Å². The predicted octanol–water partition coefficient (Wildman–Crippen LogP) is 2.08. The smallest absolute Gasteiger partial charge is 0.220 e. The summed E-state index contributed by atoms with van der Waals surface area (Å²) in [5.74, 6) is 0.183. The Morgan fingerprint density at radius 2 is 2.20 bits per heavy atom. The van der Waals surface area contributed by atoms with Gasteiger partial charge in [-0.2, -0.15) is 0 Å². The van der Waals surface area contributed by atoms with Gasteiger partial charge in [-0.05, 0) is 6.42 Å². The van der Waals surface area contributed by atoms with Crippen molar-refractivity contribution >= 4 is 28.5 Å². The second kappa shape index (κ2) is 7.31. The highest BCUT2D eigenvalue weighted by Gasteiger charge is 1.96. The molecule has 2 nitrogen and oxygen atoms in total. The van der Waals surface area contributed by atoms with Crippen LogP contribution in [-0.2, 0) is 4.79 Å². The van der Waals surface area contributed by atoms with Crippen LogP contribution in [0.5, 0.6) is 0 Å². The monoisotopic (exact) mass is 255 g/mol. The molecule has 0 spiro atoms. The van der Waals surface area contributed by atoms with Crippen LogP contribution in [-0.4, -0.2) is 10.5 Å². The van der Waals surface area contributed by atoms with Gasteiger partial charge in [0.15, 0.2) is 0 Å². The zero-order valence-corrected chi connectivity index (χ0v) is 8.48. The Bertz CT molecular complexity index is 95.6. The van der Waals surface area contributed by atoms with E-state index >= 15 is 0 Å². The fourth-order valence-electron chi connectivity index (χ4n) is 0.698. The number of hydrogen-bond donors (Lipinski definition) is 1. The number of hydrogen-bond acceptors (Lipinski definition) is 1. The molecule has 0 aromatic rings. The van der Waals surface area contributed by atoms with Crippen LogP contribution in [0.15, 0.2) is 0 Å². The highest BCUT2D eigenvalue weighted by molar-refractivity contribution is 14.1. The number of carbonyl (C=O) groups is 1. The van der Waals surface area contributed by atoms with Gasteiger partial charge in [0.25, 0.3) is 0 Å². The van der Waals surface area contributed by atoms with E-state index in [0.717, 1.165) is 17.4 Å². The van der Waals surface area contributed by atoms with Crippen LogP contribution in [0.3, 0.4) is 0 Å². The molecule has 0 heterocycles. The van der Waals surface area contributed by atoms with Crippen molar-refractivity contribution in [2.24, 2.45) is 0 Å². The summed E-state index contributed by atoms with van der Waals surface area (Å²) in [6.45, 7) is 2.14. The Balaban J connectivity index is 3.05. The van der Waals surface area contributed by atoms with Crippen LogP contribution in [0.4, 0.5) is 0 Å². The minimum Gasteiger partial charge on any atom is -0.347 e. The number of alkyl halides is 1. The van der Waals surface area contributed by atoms with Crippen molar-refractivity contribution in [3.05, 3.63) is 0 Å². The Labute approximate surface area is 75.9 Å². The fraction of sp³-hybridized carbons (Fsp3) is 0.857. The molecule has 0 aliphatic rings. The second-order valence-corrected chi connectivity index (χ2v) is 2.95. The van der Waals surface area contributed by atoms with E-state index in [9.17, 15) is 4.79 Å². The maximum Gasteiger partial charge on any atom is 0.220 e. The van der Waals surface area contributed by atoms with Crippen molar-refractivity contribution in [3.63, 3.8) is 0 Å². The van der Waals surface area contributed by atoms with E-state index < -0.39 is 0 Å². The lowest BCUT2D eigenvalue weighted by atomic mass is 10.2. The normalized spacial score (nSPS) is 9.40. The molecular weight excluding hydrogens is 241 g/mol. The fourth-order valence-corrected chi connectivity index (χ4v) is 1.12. The molecule has 0 rings (SSSR count). The summed E-state index contributed by atoms with van der Waals surface area (Å²) < 4.78 is 0.725. The first-order valence-electron chi connectivity index (χ1n) is 3.64. The van der Waals surface area contributed by atoms with Crippen LogP contribution in [0.25, 0.3) is 0 Å². The lowest BCUT2D eigenvalue weighted by molar-refractivity contribution is -0.120. The highest BCUT2D eigenvalue weighted by atomic mass is 127. The average Bonchev–Trinajstić information content (AvgIpc) is 1.89. The average molecular weight is 255 g/mol. The third kappa shape index (κ3) is 6.32. The van der Waals surface area contributed by atoms with Gasteiger partial charge in [0.2, 0.25) is 5.91 Å². The maximum atomic E-state index is 10.8. The molecule has 10 heavy (non-hydrogen) atoms. The van der Waals surface area contributed by atoms with Crippen LogP contribution in [0, 0.1) is 0 Å². The van der Waals surface area contributed by atoms with Gasteiger partial charge in [-0.25, -0.2) is 0 Å². The summed E-state index contributed by atoms with van der Waals surface area (Å²) in [5, 5.41) is 2.75. The molecule has 0 unspecified atom stereocenters. The number of rotatable bonds is 5. The topological polar surface area (TPSA) is 29.1 Å². The van der Waals surface area contributed by atoms with E-state index in [2.05, 4.69) is 34.8 Å². The van der Waals surface area contributed by atoms with Crippen molar-refractivity contribution in [1.82, 2.24) is 5.32 Å². The zero-order chi connectivity index (χ0) is 7.82. The highest BCUT2D eigenvalue weighted by Crippen LogP contribution is 1.98. The molecule has 0 atom stereocenters. The summed E-state index contributed by atoms with van der Waals surface area (Å²) in [7, 11) is 0. The third-order valence-electron chi connectivity index (χ3n) is 1.27. The molecule has 0 saturated carbocycles. The molecule has 0 aliphatic carbocycles. The quantitative estimate of drug-likeness (QED) is 0.346. The number of nitrogens with one attached hydrogen (secondary N) is 1. The molecule has 1 N–H and O–H groups in total. The van der Waals surface area contributed by atoms with E-state index in [0.29, 0.717) is 6.42 Å². The number of halogens is 1. The molecule has 60 valence electrons. The van der Waals surface area contributed by atoms with Gasteiger partial charge < -0.3 is 5.32 Å². The lowest BCUT2D eigenvalue weighted by Gasteiger charge is -1.98. The van der Waals surface area contributed by atoms with E-state index in [1.165, 1.54) is 6.42 Å². The Hall–Kier alpha value is 0.200. The molecule has 0 aromatic carbocycles. The van der Waals surface area contributed by atoms with E-state index in [1.807, 2.05) is 0 Å². The molecule has 0 fully saturated rings. The summed E-state index contributed by atoms with van der Waals surface area (Å²) in [6, 6.07) is 0. The van der Waals surface area contributed by atoms with Crippen LogP contribution >= 0.6 is 22.6 Å². The molecule has 0 radical (unpaired) electrons. The Kier molecular flexibility index (Phi) is 7.45. The van der Waals surface area contributed by atoms with Gasteiger partial charge in [-0.15, -0.1) is 0 Å². The largest absolute Gasteiger partial charge is 0.347 e. The summed E-state index contributed by atoms with van der Waals surface area (Å²) >= 11 is 2.13. The van der Waals surface area contributed by atoms with Gasteiger partial charge in [-0.3, -0.25) is 4.79 Å². The molecule has 0 bridgehead atoms. The molecule has 0 saturated heterocycles. The number of amides is 1. The van der Waals surface area contributed by atoms with E-state index in [4.69, 9.17) is 0 Å². The number of unbranched alkanes of at least 4 members (excludes halogenated alkanes) is 2. The lowest BCUT2D eigenvalue weighted by Crippen LogP contribution is -2.20. The van der Waals surface area contributed by atoms with Gasteiger partial charge in [-0.1, -0.05) is 42.4 Å². The summed E-state index contributed by atoms with van der Waals surface area (Å²) in [6.07, 6.45) is 4.06. The van der Waals surface area contributed by atoms with Crippen molar-refractivity contribution < 1.29 is 4.79 Å². The van der Waals surface area contributed by atoms with E-state index in [1.54, 1.807) is 0 Å². The molecule has 0 aromatic heterocycles. The molecular formula is C7H14INO. The summed E-state index contributed by atoms with van der Waals surface area (Å²) in [4.78, 5) is 10.8. The van der Waals surface area contributed by atoms with Crippen molar-refractivity contribution in [1.29, 1.82) is 0 Å². The Morgan fingerprint density at radius 3 is 2.70 bits per heavy atom. The van der Waals surface area contributed by atoms with Gasteiger partial charge >= 0.3 is 0 Å². The SMILES string of the molecule is CCCCCC(=O)NCI. The Morgan fingerprint density at radius 1 is 1.50 bits per heavy atom. The second-order valence-electron chi connectivity index (χ2n) is 2.19. The minimum absolute atomic E-state index is 0.183. The van der Waals surface area contributed by atoms with E-state index in [-0.39, 0.29) is 5.91 Å². The standard InChI is InChI=1S/C7H14INO/c1-2-3-4-5-7(10)9-6-8/h2-6H2,1H3,(H,9,10). The van der Waals surface area contributed by atoms with Crippen molar-refractivity contribution in [3.8, 4) is 0 Å². The van der Waals surface area contributed by atoms with Crippen LogP contribution in [0.2, 0.25) is 0 Å². The number of carbonyl (C=O) groups excluding carboxylic acids is 1. The molecule has 3 heteroatoms. The molecule has 1 amide bonds.